The first-order valence-corrected chi connectivity index (χ1v) is 8.07. The van der Waals surface area contributed by atoms with Crippen LogP contribution in [0.2, 0.25) is 0 Å². The molecular weight excluding hydrogens is 302 g/mol. The summed E-state index contributed by atoms with van der Waals surface area (Å²) in [6.07, 6.45) is 5.11. The molecule has 3 rings (SSSR count). The number of carbonyl (C=O) groups excluding carboxylic acids is 1. The monoisotopic (exact) mass is 321 g/mol. The number of methoxy groups -OCH3 is 1. The average molecular weight is 321 g/mol. The molecule has 0 aromatic carbocycles. The fourth-order valence-corrected chi connectivity index (χ4v) is 3.45. The first-order valence-electron chi connectivity index (χ1n) is 7.19. The van der Waals surface area contributed by atoms with Crippen molar-refractivity contribution in [3.63, 3.8) is 0 Å². The van der Waals surface area contributed by atoms with Crippen molar-refractivity contribution in [2.45, 2.75) is 25.0 Å². The normalized spacial score (nSPS) is 21.5. The van der Waals surface area contributed by atoms with Crippen molar-refractivity contribution in [2.24, 2.45) is 7.05 Å². The summed E-state index contributed by atoms with van der Waals surface area (Å²) in [5, 5.41) is 4.95. The lowest BCUT2D eigenvalue weighted by atomic mass is 10.0. The molecule has 0 aliphatic carbocycles. The summed E-state index contributed by atoms with van der Waals surface area (Å²) < 4.78 is 13.0. The summed E-state index contributed by atoms with van der Waals surface area (Å²) in [6, 6.07) is 1.90. The van der Waals surface area contributed by atoms with E-state index < -0.39 is 0 Å². The van der Waals surface area contributed by atoms with Gasteiger partial charge in [-0.05, 0) is 24.3 Å². The number of thiophene rings is 1. The first-order chi connectivity index (χ1) is 10.7. The largest absolute Gasteiger partial charge is 0.495 e. The average Bonchev–Trinajstić information content (AvgIpc) is 3.15. The smallest absolute Gasteiger partial charge is 0.265 e. The Hall–Kier alpha value is -1.86. The molecule has 0 saturated carbocycles. The molecule has 3 heterocycles. The number of imidazole rings is 1. The topological polar surface area (TPSA) is 65.4 Å². The van der Waals surface area contributed by atoms with Gasteiger partial charge in [0.2, 0.25) is 0 Å². The summed E-state index contributed by atoms with van der Waals surface area (Å²) in [4.78, 5) is 17.1. The van der Waals surface area contributed by atoms with Crippen LogP contribution >= 0.6 is 11.3 Å². The van der Waals surface area contributed by atoms with Gasteiger partial charge < -0.3 is 19.4 Å². The summed E-state index contributed by atoms with van der Waals surface area (Å²) in [6.45, 7) is 0.627. The van der Waals surface area contributed by atoms with E-state index in [1.165, 1.54) is 11.3 Å². The Balaban J connectivity index is 1.65. The van der Waals surface area contributed by atoms with E-state index in [2.05, 4.69) is 10.3 Å². The maximum atomic E-state index is 12.4. The van der Waals surface area contributed by atoms with Crippen molar-refractivity contribution in [2.75, 3.05) is 13.7 Å². The van der Waals surface area contributed by atoms with Gasteiger partial charge in [0.15, 0.2) is 0 Å². The Morgan fingerprint density at radius 2 is 2.45 bits per heavy atom. The molecule has 1 aliphatic heterocycles. The van der Waals surface area contributed by atoms with Crippen LogP contribution in [-0.4, -0.2) is 35.2 Å². The fraction of sp³-hybridized carbons (Fsp3) is 0.467. The number of hydrogen-bond acceptors (Lipinski definition) is 5. The highest BCUT2D eigenvalue weighted by Gasteiger charge is 2.27. The highest BCUT2D eigenvalue weighted by molar-refractivity contribution is 7.12. The molecule has 0 unspecified atom stereocenters. The molecule has 1 saturated heterocycles. The molecule has 1 fully saturated rings. The summed E-state index contributed by atoms with van der Waals surface area (Å²) in [7, 11) is 3.52. The second-order valence-corrected chi connectivity index (χ2v) is 6.22. The summed E-state index contributed by atoms with van der Waals surface area (Å²) in [5.41, 5.74) is 1.03. The van der Waals surface area contributed by atoms with Gasteiger partial charge in [0.25, 0.3) is 5.91 Å². The minimum Gasteiger partial charge on any atom is -0.495 e. The molecule has 6 nitrogen and oxygen atoms in total. The number of ether oxygens (including phenoxy) is 2. The lowest BCUT2D eigenvalue weighted by molar-refractivity contribution is -0.00299. The van der Waals surface area contributed by atoms with Crippen LogP contribution in [0.25, 0.3) is 0 Å². The third-order valence-electron chi connectivity index (χ3n) is 3.86. The number of aromatic nitrogens is 2. The van der Waals surface area contributed by atoms with Gasteiger partial charge in [-0.2, -0.15) is 0 Å². The van der Waals surface area contributed by atoms with E-state index in [1.807, 2.05) is 29.3 Å². The predicted octanol–water partition coefficient (Wildman–Crippen LogP) is 2.14. The number of aryl methyl sites for hydroxylation is 1. The van der Waals surface area contributed by atoms with Crippen molar-refractivity contribution >= 4 is 17.2 Å². The molecule has 1 amide bonds. The Kier molecular flexibility index (Phi) is 4.44. The minimum absolute atomic E-state index is 0.0308. The van der Waals surface area contributed by atoms with Crippen molar-refractivity contribution < 1.29 is 14.3 Å². The highest BCUT2D eigenvalue weighted by Crippen LogP contribution is 2.29. The second-order valence-electron chi connectivity index (χ2n) is 5.30. The number of amides is 1. The number of nitrogens with one attached hydrogen (secondary N) is 1. The first kappa shape index (κ1) is 15.1. The quantitative estimate of drug-likeness (QED) is 0.937. The predicted molar refractivity (Wildman–Crippen MR) is 83.3 cm³/mol. The number of carbonyl (C=O) groups is 1. The van der Waals surface area contributed by atoms with Gasteiger partial charge in [0, 0.05) is 19.7 Å². The molecule has 22 heavy (non-hydrogen) atoms. The molecule has 0 spiro atoms. The van der Waals surface area contributed by atoms with Gasteiger partial charge in [-0.1, -0.05) is 0 Å². The third kappa shape index (κ3) is 3.00. The van der Waals surface area contributed by atoms with Crippen molar-refractivity contribution in [1.82, 2.24) is 14.9 Å². The molecule has 0 radical (unpaired) electrons. The minimum atomic E-state index is -0.0810. The lowest BCUT2D eigenvalue weighted by Crippen LogP contribution is -2.39. The number of hydrogen-bond donors (Lipinski definition) is 1. The summed E-state index contributed by atoms with van der Waals surface area (Å²) >= 11 is 1.39. The standard InChI is InChI=1S/C15H19N3O3S/c1-18-9-16-8-11(18)13-7-10(3-5-21-13)17-15(19)14-12(20-2)4-6-22-14/h4,6,8-10,13H,3,5,7H2,1-2H3,(H,17,19)/t10-,13+/m1/s1. The van der Waals surface area contributed by atoms with E-state index in [9.17, 15) is 4.79 Å². The van der Waals surface area contributed by atoms with E-state index in [4.69, 9.17) is 9.47 Å². The van der Waals surface area contributed by atoms with Gasteiger partial charge in [-0.15, -0.1) is 11.3 Å². The zero-order valence-corrected chi connectivity index (χ0v) is 13.4. The van der Waals surface area contributed by atoms with Gasteiger partial charge in [0.05, 0.1) is 25.3 Å². The van der Waals surface area contributed by atoms with Crippen LogP contribution in [0.4, 0.5) is 0 Å². The molecule has 7 heteroatoms. The number of nitrogens with zero attached hydrogens (tertiary/aromatic N) is 2. The molecule has 1 N–H and O–H groups in total. The van der Waals surface area contributed by atoms with Crippen LogP contribution in [0.1, 0.15) is 34.3 Å². The zero-order valence-electron chi connectivity index (χ0n) is 12.6. The van der Waals surface area contributed by atoms with E-state index in [0.717, 1.165) is 18.5 Å². The van der Waals surface area contributed by atoms with E-state index in [1.54, 1.807) is 13.4 Å². The Bertz CT molecular complexity index is 652. The van der Waals surface area contributed by atoms with Gasteiger partial charge >= 0.3 is 0 Å². The van der Waals surface area contributed by atoms with Crippen LogP contribution in [-0.2, 0) is 11.8 Å². The molecule has 2 aromatic heterocycles. The fourth-order valence-electron chi connectivity index (χ4n) is 2.69. The maximum Gasteiger partial charge on any atom is 0.265 e. The van der Waals surface area contributed by atoms with Crippen LogP contribution in [0, 0.1) is 0 Å². The van der Waals surface area contributed by atoms with Crippen LogP contribution in [0.5, 0.6) is 5.75 Å². The molecule has 1 aliphatic rings. The SMILES string of the molecule is COc1ccsc1C(=O)N[C@@H]1CCO[C@H](c2cncn2C)C1. The van der Waals surface area contributed by atoms with Gasteiger partial charge in [-0.25, -0.2) is 4.98 Å². The third-order valence-corrected chi connectivity index (χ3v) is 4.75. The zero-order chi connectivity index (χ0) is 15.5. The summed E-state index contributed by atoms with van der Waals surface area (Å²) in [5.74, 6) is 0.542. The van der Waals surface area contributed by atoms with Crippen LogP contribution < -0.4 is 10.1 Å². The Morgan fingerprint density at radius 3 is 3.18 bits per heavy atom. The molecule has 118 valence electrons. The molecule has 2 aromatic rings. The van der Waals surface area contributed by atoms with Crippen LogP contribution in [0.3, 0.4) is 0 Å². The Labute approximate surface area is 133 Å². The maximum absolute atomic E-state index is 12.4. The van der Waals surface area contributed by atoms with Gasteiger partial charge in [0.1, 0.15) is 16.7 Å². The van der Waals surface area contributed by atoms with Gasteiger partial charge in [-0.3, -0.25) is 4.79 Å². The van der Waals surface area contributed by atoms with Crippen molar-refractivity contribution in [3.8, 4) is 5.75 Å². The second kappa shape index (κ2) is 6.50. The van der Waals surface area contributed by atoms with E-state index in [0.29, 0.717) is 17.2 Å². The van der Waals surface area contributed by atoms with E-state index >= 15 is 0 Å². The highest BCUT2D eigenvalue weighted by atomic mass is 32.1. The molecule has 0 bridgehead atoms. The van der Waals surface area contributed by atoms with Crippen molar-refractivity contribution in [1.29, 1.82) is 0 Å². The van der Waals surface area contributed by atoms with Crippen LogP contribution in [0.15, 0.2) is 24.0 Å². The van der Waals surface area contributed by atoms with Crippen molar-refractivity contribution in [3.05, 3.63) is 34.5 Å². The molecule has 2 atom stereocenters. The number of rotatable bonds is 4. The Morgan fingerprint density at radius 1 is 1.59 bits per heavy atom. The van der Waals surface area contributed by atoms with E-state index in [-0.39, 0.29) is 18.1 Å². The lowest BCUT2D eigenvalue weighted by Gasteiger charge is -2.30. The molecular formula is C15H19N3O3S.